The SMILES string of the molecule is Nc1ccc(C(=O)Nc2cc(Cl)cc3c2[nH]c2cnccc23)cn1. The molecule has 4 rings (SSSR count). The second-order valence-electron chi connectivity index (χ2n) is 5.35. The molecule has 0 spiro atoms. The third kappa shape index (κ3) is 2.43. The number of H-pyrrole nitrogens is 1. The van der Waals surface area contributed by atoms with Crippen molar-refractivity contribution in [3.05, 3.63) is 59.5 Å². The van der Waals surface area contributed by atoms with Gasteiger partial charge < -0.3 is 16.0 Å². The number of nitrogens with two attached hydrogens (primary N) is 1. The Morgan fingerprint density at radius 2 is 2.04 bits per heavy atom. The summed E-state index contributed by atoms with van der Waals surface area (Å²) < 4.78 is 0. The van der Waals surface area contributed by atoms with Crippen LogP contribution in [-0.2, 0) is 0 Å². The molecule has 0 fully saturated rings. The number of nitrogens with one attached hydrogen (secondary N) is 2. The number of amides is 1. The number of aromatic nitrogens is 3. The standard InChI is InChI=1S/C17H12ClN5O/c18-10-5-12-11-3-4-20-8-14(11)22-16(12)13(6-10)23-17(24)9-1-2-15(19)21-7-9/h1-8,22H,(H2,19,21)(H,23,24). The number of aromatic amines is 1. The fraction of sp³-hybridized carbons (Fsp3) is 0. The lowest BCUT2D eigenvalue weighted by Crippen LogP contribution is -2.12. The number of hydrogen-bond donors (Lipinski definition) is 3. The molecular formula is C17H12ClN5O. The smallest absolute Gasteiger partial charge is 0.257 e. The maximum Gasteiger partial charge on any atom is 0.257 e. The van der Waals surface area contributed by atoms with Crippen molar-refractivity contribution < 1.29 is 4.79 Å². The zero-order valence-electron chi connectivity index (χ0n) is 12.4. The van der Waals surface area contributed by atoms with Crippen LogP contribution in [0.2, 0.25) is 5.02 Å². The number of pyridine rings is 2. The second kappa shape index (κ2) is 5.50. The maximum atomic E-state index is 12.4. The average Bonchev–Trinajstić information content (AvgIpc) is 2.94. The van der Waals surface area contributed by atoms with Crippen LogP contribution in [-0.4, -0.2) is 20.9 Å². The fourth-order valence-corrected chi connectivity index (χ4v) is 2.87. The lowest BCUT2D eigenvalue weighted by atomic mass is 10.1. The minimum atomic E-state index is -0.289. The van der Waals surface area contributed by atoms with Gasteiger partial charge in [-0.1, -0.05) is 11.6 Å². The van der Waals surface area contributed by atoms with E-state index in [-0.39, 0.29) is 5.91 Å². The first kappa shape index (κ1) is 14.5. The number of halogens is 1. The van der Waals surface area contributed by atoms with Crippen LogP contribution in [0.3, 0.4) is 0 Å². The Bertz CT molecular complexity index is 1070. The molecule has 3 aromatic heterocycles. The molecule has 0 aliphatic heterocycles. The van der Waals surface area contributed by atoms with Gasteiger partial charge in [0, 0.05) is 28.2 Å². The molecule has 3 heterocycles. The van der Waals surface area contributed by atoms with Gasteiger partial charge in [-0.15, -0.1) is 0 Å². The van der Waals surface area contributed by atoms with E-state index in [0.29, 0.717) is 22.1 Å². The number of carbonyl (C=O) groups excluding carboxylic acids is 1. The quantitative estimate of drug-likeness (QED) is 0.520. The zero-order valence-corrected chi connectivity index (χ0v) is 13.1. The lowest BCUT2D eigenvalue weighted by molar-refractivity contribution is 0.102. The number of hydrogen-bond acceptors (Lipinski definition) is 4. The number of nitrogen functional groups attached to an aromatic ring is 1. The molecule has 0 saturated heterocycles. The minimum absolute atomic E-state index is 0.289. The molecule has 0 bridgehead atoms. The van der Waals surface area contributed by atoms with Crippen LogP contribution in [0.4, 0.5) is 11.5 Å². The Labute approximate surface area is 141 Å². The van der Waals surface area contributed by atoms with Gasteiger partial charge in [0.1, 0.15) is 5.82 Å². The van der Waals surface area contributed by atoms with Crippen LogP contribution in [0, 0.1) is 0 Å². The first-order valence-electron chi connectivity index (χ1n) is 7.19. The maximum absolute atomic E-state index is 12.4. The van der Waals surface area contributed by atoms with Crippen molar-refractivity contribution in [1.82, 2.24) is 15.0 Å². The largest absolute Gasteiger partial charge is 0.384 e. The average molecular weight is 338 g/mol. The van der Waals surface area contributed by atoms with Crippen LogP contribution < -0.4 is 11.1 Å². The van der Waals surface area contributed by atoms with E-state index in [2.05, 4.69) is 20.3 Å². The van der Waals surface area contributed by atoms with Crippen molar-refractivity contribution in [2.75, 3.05) is 11.1 Å². The molecule has 0 unspecified atom stereocenters. The fourth-order valence-electron chi connectivity index (χ4n) is 2.65. The van der Waals surface area contributed by atoms with E-state index in [0.717, 1.165) is 21.8 Å². The molecule has 4 aromatic rings. The third-order valence-electron chi connectivity index (χ3n) is 3.77. The number of fused-ring (bicyclic) bond motifs is 3. The third-order valence-corrected chi connectivity index (χ3v) is 3.99. The van der Waals surface area contributed by atoms with Crippen molar-refractivity contribution in [2.24, 2.45) is 0 Å². The number of carbonyl (C=O) groups is 1. The highest BCUT2D eigenvalue weighted by Gasteiger charge is 2.13. The summed E-state index contributed by atoms with van der Waals surface area (Å²) in [6.45, 7) is 0. The molecule has 1 amide bonds. The van der Waals surface area contributed by atoms with Gasteiger partial charge in [0.15, 0.2) is 0 Å². The molecule has 118 valence electrons. The van der Waals surface area contributed by atoms with E-state index in [1.807, 2.05) is 12.1 Å². The van der Waals surface area contributed by atoms with E-state index >= 15 is 0 Å². The summed E-state index contributed by atoms with van der Waals surface area (Å²) in [5.74, 6) is 0.0719. The summed E-state index contributed by atoms with van der Waals surface area (Å²) >= 11 is 6.22. The monoisotopic (exact) mass is 337 g/mol. The van der Waals surface area contributed by atoms with Gasteiger partial charge in [-0.05, 0) is 30.3 Å². The van der Waals surface area contributed by atoms with E-state index in [1.54, 1.807) is 30.6 Å². The van der Waals surface area contributed by atoms with Crippen molar-refractivity contribution in [2.45, 2.75) is 0 Å². The Hall–Kier alpha value is -3.12. The van der Waals surface area contributed by atoms with Crippen LogP contribution in [0.1, 0.15) is 10.4 Å². The first-order chi connectivity index (χ1) is 11.6. The molecule has 0 atom stereocenters. The van der Waals surface area contributed by atoms with Crippen molar-refractivity contribution >= 4 is 50.8 Å². The van der Waals surface area contributed by atoms with Gasteiger partial charge >= 0.3 is 0 Å². The number of anilines is 2. The van der Waals surface area contributed by atoms with Crippen molar-refractivity contribution in [3.8, 4) is 0 Å². The molecular weight excluding hydrogens is 326 g/mol. The molecule has 0 aliphatic carbocycles. The predicted octanol–water partition coefficient (Wildman–Crippen LogP) is 3.60. The molecule has 0 radical (unpaired) electrons. The van der Waals surface area contributed by atoms with Crippen molar-refractivity contribution in [1.29, 1.82) is 0 Å². The topological polar surface area (TPSA) is 96.7 Å². The van der Waals surface area contributed by atoms with E-state index < -0.39 is 0 Å². The second-order valence-corrected chi connectivity index (χ2v) is 5.78. The van der Waals surface area contributed by atoms with Crippen LogP contribution in [0.15, 0.2) is 48.9 Å². The van der Waals surface area contributed by atoms with Crippen LogP contribution in [0.5, 0.6) is 0 Å². The van der Waals surface area contributed by atoms with Crippen LogP contribution in [0.25, 0.3) is 21.8 Å². The summed E-state index contributed by atoms with van der Waals surface area (Å²) in [4.78, 5) is 23.7. The highest BCUT2D eigenvalue weighted by Crippen LogP contribution is 2.33. The normalized spacial score (nSPS) is 11.0. The zero-order chi connectivity index (χ0) is 16.7. The van der Waals surface area contributed by atoms with Crippen LogP contribution >= 0.6 is 11.6 Å². The van der Waals surface area contributed by atoms with Gasteiger partial charge in [-0.25, -0.2) is 4.98 Å². The van der Waals surface area contributed by atoms with E-state index in [1.165, 1.54) is 6.20 Å². The number of rotatable bonds is 2. The first-order valence-corrected chi connectivity index (χ1v) is 7.57. The predicted molar refractivity (Wildman–Crippen MR) is 95.2 cm³/mol. The van der Waals surface area contributed by atoms with Gasteiger partial charge in [-0.2, -0.15) is 0 Å². The summed E-state index contributed by atoms with van der Waals surface area (Å²) in [5.41, 5.74) is 8.22. The highest BCUT2D eigenvalue weighted by molar-refractivity contribution is 6.33. The molecule has 6 nitrogen and oxygen atoms in total. The summed E-state index contributed by atoms with van der Waals surface area (Å²) in [6, 6.07) is 8.66. The molecule has 0 saturated carbocycles. The van der Waals surface area contributed by atoms with E-state index in [9.17, 15) is 4.79 Å². The van der Waals surface area contributed by atoms with Gasteiger partial charge in [0.2, 0.25) is 0 Å². The Morgan fingerprint density at radius 1 is 1.17 bits per heavy atom. The molecule has 1 aromatic carbocycles. The molecule has 0 aliphatic rings. The van der Waals surface area contributed by atoms with Gasteiger partial charge in [-0.3, -0.25) is 9.78 Å². The molecule has 24 heavy (non-hydrogen) atoms. The Kier molecular flexibility index (Phi) is 3.32. The molecule has 7 heteroatoms. The Morgan fingerprint density at radius 3 is 2.83 bits per heavy atom. The minimum Gasteiger partial charge on any atom is -0.384 e. The van der Waals surface area contributed by atoms with E-state index in [4.69, 9.17) is 17.3 Å². The van der Waals surface area contributed by atoms with Gasteiger partial charge in [0.25, 0.3) is 5.91 Å². The van der Waals surface area contributed by atoms with Crippen molar-refractivity contribution in [3.63, 3.8) is 0 Å². The number of nitrogens with zero attached hydrogens (tertiary/aromatic N) is 2. The lowest BCUT2D eigenvalue weighted by Gasteiger charge is -2.07. The summed E-state index contributed by atoms with van der Waals surface area (Å²) in [5, 5.41) is 5.31. The summed E-state index contributed by atoms with van der Waals surface area (Å²) in [6.07, 6.45) is 4.88. The molecule has 4 N–H and O–H groups in total. The van der Waals surface area contributed by atoms with Gasteiger partial charge in [0.05, 0.1) is 28.5 Å². The highest BCUT2D eigenvalue weighted by atomic mass is 35.5. The Balaban J connectivity index is 1.81. The summed E-state index contributed by atoms with van der Waals surface area (Å²) in [7, 11) is 0. The number of benzene rings is 1.